The standard InChI is InChI=1S/C17H18/c1-3-14(2)13-15-9-11-17(12-10-15)16-7-5-4-6-8-16/h4-13H,3H2,1-2H3. The van der Waals surface area contributed by atoms with Crippen molar-refractivity contribution in [3.05, 3.63) is 65.7 Å². The number of hydrogen-bond donors (Lipinski definition) is 0. The van der Waals surface area contributed by atoms with E-state index in [1.165, 1.54) is 22.3 Å². The van der Waals surface area contributed by atoms with E-state index in [1.54, 1.807) is 0 Å². The lowest BCUT2D eigenvalue weighted by Crippen LogP contribution is -1.79. The summed E-state index contributed by atoms with van der Waals surface area (Å²) in [6.45, 7) is 4.36. The minimum Gasteiger partial charge on any atom is -0.0730 e. The molecule has 0 aliphatic rings. The van der Waals surface area contributed by atoms with E-state index in [1.807, 2.05) is 6.07 Å². The second-order valence-corrected chi connectivity index (χ2v) is 4.33. The Morgan fingerprint density at radius 3 is 2.06 bits per heavy atom. The van der Waals surface area contributed by atoms with Gasteiger partial charge in [0.1, 0.15) is 0 Å². The Balaban J connectivity index is 2.25. The third-order valence-electron chi connectivity index (χ3n) is 2.99. The monoisotopic (exact) mass is 222 g/mol. The fraction of sp³-hybridized carbons (Fsp3) is 0.176. The lowest BCUT2D eigenvalue weighted by atomic mass is 10.0. The van der Waals surface area contributed by atoms with Crippen molar-refractivity contribution in [2.24, 2.45) is 0 Å². The molecule has 0 unspecified atom stereocenters. The minimum atomic E-state index is 1.11. The van der Waals surface area contributed by atoms with Crippen LogP contribution in [0.1, 0.15) is 25.8 Å². The van der Waals surface area contributed by atoms with Crippen LogP contribution in [0.25, 0.3) is 17.2 Å². The van der Waals surface area contributed by atoms with Gasteiger partial charge in [0.05, 0.1) is 0 Å². The van der Waals surface area contributed by atoms with Gasteiger partial charge in [-0.25, -0.2) is 0 Å². The molecule has 0 atom stereocenters. The second-order valence-electron chi connectivity index (χ2n) is 4.33. The first-order valence-corrected chi connectivity index (χ1v) is 6.12. The van der Waals surface area contributed by atoms with Gasteiger partial charge in [-0.15, -0.1) is 0 Å². The van der Waals surface area contributed by atoms with Crippen molar-refractivity contribution in [2.75, 3.05) is 0 Å². The topological polar surface area (TPSA) is 0 Å². The first kappa shape index (κ1) is 11.7. The fourth-order valence-electron chi connectivity index (χ4n) is 1.79. The van der Waals surface area contributed by atoms with Crippen LogP contribution in [0.4, 0.5) is 0 Å². The fourth-order valence-corrected chi connectivity index (χ4v) is 1.79. The summed E-state index contributed by atoms with van der Waals surface area (Å²) in [6, 6.07) is 19.2. The summed E-state index contributed by atoms with van der Waals surface area (Å²) in [7, 11) is 0. The highest BCUT2D eigenvalue weighted by molar-refractivity contribution is 5.65. The van der Waals surface area contributed by atoms with E-state index in [0.717, 1.165) is 6.42 Å². The van der Waals surface area contributed by atoms with E-state index >= 15 is 0 Å². The van der Waals surface area contributed by atoms with Gasteiger partial charge in [-0.1, -0.05) is 73.2 Å². The van der Waals surface area contributed by atoms with Gasteiger partial charge < -0.3 is 0 Å². The molecule has 2 rings (SSSR count). The largest absolute Gasteiger partial charge is 0.0730 e. The normalized spacial score (nSPS) is 11.5. The molecular weight excluding hydrogens is 204 g/mol. The number of rotatable bonds is 3. The van der Waals surface area contributed by atoms with Gasteiger partial charge in [-0.2, -0.15) is 0 Å². The zero-order valence-corrected chi connectivity index (χ0v) is 10.5. The quantitative estimate of drug-likeness (QED) is 0.672. The third-order valence-corrected chi connectivity index (χ3v) is 2.99. The third kappa shape index (κ3) is 3.07. The van der Waals surface area contributed by atoms with Crippen LogP contribution in [0.3, 0.4) is 0 Å². The molecule has 0 fully saturated rings. The van der Waals surface area contributed by atoms with Gasteiger partial charge in [0.2, 0.25) is 0 Å². The molecule has 0 N–H and O–H groups in total. The van der Waals surface area contributed by atoms with Gasteiger partial charge >= 0.3 is 0 Å². The Hall–Kier alpha value is -1.82. The van der Waals surface area contributed by atoms with Crippen LogP contribution in [0.2, 0.25) is 0 Å². The van der Waals surface area contributed by atoms with Crippen LogP contribution in [0.15, 0.2) is 60.2 Å². The molecule has 2 aromatic carbocycles. The smallest absolute Gasteiger partial charge is 0.0184 e. The highest BCUT2D eigenvalue weighted by atomic mass is 14.0. The Morgan fingerprint density at radius 2 is 1.47 bits per heavy atom. The molecule has 0 heteroatoms. The molecule has 17 heavy (non-hydrogen) atoms. The second kappa shape index (κ2) is 5.49. The summed E-state index contributed by atoms with van der Waals surface area (Å²) >= 11 is 0. The number of allylic oxidation sites excluding steroid dienone is 1. The molecule has 0 nitrogen and oxygen atoms in total. The van der Waals surface area contributed by atoms with Gasteiger partial charge in [0.25, 0.3) is 0 Å². The Kier molecular flexibility index (Phi) is 3.77. The highest BCUT2D eigenvalue weighted by Crippen LogP contribution is 2.20. The van der Waals surface area contributed by atoms with Crippen molar-refractivity contribution in [1.82, 2.24) is 0 Å². The summed E-state index contributed by atoms with van der Waals surface area (Å²) in [6.07, 6.45) is 3.36. The van der Waals surface area contributed by atoms with Crippen molar-refractivity contribution in [1.29, 1.82) is 0 Å². The molecule has 2 aromatic rings. The van der Waals surface area contributed by atoms with Crippen LogP contribution >= 0.6 is 0 Å². The minimum absolute atomic E-state index is 1.11. The molecule has 86 valence electrons. The number of hydrogen-bond acceptors (Lipinski definition) is 0. The molecule has 0 aromatic heterocycles. The van der Waals surface area contributed by atoms with Crippen LogP contribution in [-0.4, -0.2) is 0 Å². The van der Waals surface area contributed by atoms with Gasteiger partial charge in [-0.3, -0.25) is 0 Å². The van der Waals surface area contributed by atoms with Crippen LogP contribution in [0.5, 0.6) is 0 Å². The SMILES string of the molecule is CCC(C)=Cc1ccc(-c2ccccc2)cc1. The first-order chi connectivity index (χ1) is 8.29. The van der Waals surface area contributed by atoms with E-state index in [-0.39, 0.29) is 0 Å². The maximum atomic E-state index is 2.24. The Labute approximate surface area is 104 Å². The van der Waals surface area contributed by atoms with Crippen LogP contribution in [0, 0.1) is 0 Å². The molecule has 0 radical (unpaired) electrons. The molecule has 0 spiro atoms. The molecular formula is C17H18. The maximum Gasteiger partial charge on any atom is -0.0184 e. The van der Waals surface area contributed by atoms with Crippen molar-refractivity contribution >= 4 is 6.08 Å². The lowest BCUT2D eigenvalue weighted by molar-refractivity contribution is 1.11. The average Bonchev–Trinajstić information content (AvgIpc) is 2.40. The van der Waals surface area contributed by atoms with E-state index in [2.05, 4.69) is 68.5 Å². The summed E-state index contributed by atoms with van der Waals surface area (Å²) in [5.41, 5.74) is 5.24. The number of benzene rings is 2. The van der Waals surface area contributed by atoms with Crippen LogP contribution in [-0.2, 0) is 0 Å². The molecule has 0 heterocycles. The van der Waals surface area contributed by atoms with Crippen molar-refractivity contribution in [3.63, 3.8) is 0 Å². The predicted molar refractivity (Wildman–Crippen MR) is 75.8 cm³/mol. The summed E-state index contributed by atoms with van der Waals surface area (Å²) < 4.78 is 0. The van der Waals surface area contributed by atoms with Crippen LogP contribution < -0.4 is 0 Å². The van der Waals surface area contributed by atoms with Gasteiger partial charge in [-0.05, 0) is 30.0 Å². The van der Waals surface area contributed by atoms with Crippen molar-refractivity contribution in [3.8, 4) is 11.1 Å². The van der Waals surface area contributed by atoms with Gasteiger partial charge in [0.15, 0.2) is 0 Å². The molecule has 0 amide bonds. The predicted octanol–water partition coefficient (Wildman–Crippen LogP) is 5.17. The summed E-state index contributed by atoms with van der Waals surface area (Å²) in [4.78, 5) is 0. The van der Waals surface area contributed by atoms with Gasteiger partial charge in [0, 0.05) is 0 Å². The summed E-state index contributed by atoms with van der Waals surface area (Å²) in [5, 5.41) is 0. The van der Waals surface area contributed by atoms with Crippen molar-refractivity contribution < 1.29 is 0 Å². The van der Waals surface area contributed by atoms with Crippen molar-refractivity contribution in [2.45, 2.75) is 20.3 Å². The molecule has 0 saturated carbocycles. The molecule has 0 aliphatic carbocycles. The lowest BCUT2D eigenvalue weighted by Gasteiger charge is -2.02. The zero-order chi connectivity index (χ0) is 12.1. The highest BCUT2D eigenvalue weighted by Gasteiger charge is 1.96. The molecule has 0 aliphatic heterocycles. The first-order valence-electron chi connectivity index (χ1n) is 6.12. The zero-order valence-electron chi connectivity index (χ0n) is 10.5. The maximum absolute atomic E-state index is 2.24. The van der Waals surface area contributed by atoms with E-state index in [0.29, 0.717) is 0 Å². The van der Waals surface area contributed by atoms with E-state index in [9.17, 15) is 0 Å². The van der Waals surface area contributed by atoms with E-state index in [4.69, 9.17) is 0 Å². The summed E-state index contributed by atoms with van der Waals surface area (Å²) in [5.74, 6) is 0. The Morgan fingerprint density at radius 1 is 0.882 bits per heavy atom. The van der Waals surface area contributed by atoms with E-state index < -0.39 is 0 Å². The molecule has 0 bridgehead atoms. The Bertz CT molecular complexity index is 489. The molecule has 0 saturated heterocycles. The average molecular weight is 222 g/mol.